The van der Waals surface area contributed by atoms with Gasteiger partial charge in [-0.05, 0) is 60.5 Å². The molecule has 0 aliphatic heterocycles. The quantitative estimate of drug-likeness (QED) is 0.370. The Kier molecular flexibility index (Phi) is 8.51. The van der Waals surface area contributed by atoms with Crippen LogP contribution in [0.1, 0.15) is 12.0 Å². The van der Waals surface area contributed by atoms with Gasteiger partial charge in [-0.3, -0.25) is 4.79 Å². The summed E-state index contributed by atoms with van der Waals surface area (Å²) in [6.45, 7) is 0.0853. The van der Waals surface area contributed by atoms with Gasteiger partial charge < -0.3 is 5.32 Å². The summed E-state index contributed by atoms with van der Waals surface area (Å²) < 4.78 is 66.9. The summed E-state index contributed by atoms with van der Waals surface area (Å²) in [7, 11) is -7.56. The lowest BCUT2D eigenvalue weighted by molar-refractivity contribution is -0.116. The third-order valence-corrected chi connectivity index (χ3v) is 7.72. The van der Waals surface area contributed by atoms with Gasteiger partial charge >= 0.3 is 0 Å². The van der Waals surface area contributed by atoms with Crippen LogP contribution in [0.4, 0.5) is 10.1 Å². The fourth-order valence-corrected chi connectivity index (χ4v) is 5.06. The maximum absolute atomic E-state index is 12.9. The lowest BCUT2D eigenvalue weighted by Crippen LogP contribution is -2.28. The number of hydrogen-bond donors (Lipinski definition) is 3. The maximum Gasteiger partial charge on any atom is 0.240 e. The van der Waals surface area contributed by atoms with Crippen LogP contribution in [0, 0.1) is 5.82 Å². The summed E-state index contributed by atoms with van der Waals surface area (Å²) in [5, 5.41) is 2.58. The molecule has 1 amide bonds. The minimum atomic E-state index is -3.86. The molecule has 0 aromatic heterocycles. The average molecular weight is 506 g/mol. The van der Waals surface area contributed by atoms with Crippen molar-refractivity contribution in [1.82, 2.24) is 9.44 Å². The van der Waals surface area contributed by atoms with E-state index in [0.29, 0.717) is 12.1 Å². The first-order valence-electron chi connectivity index (χ1n) is 10.3. The SMILES string of the molecule is O=C(CCNS(=O)(=O)c1ccc(F)cc1)Nc1ccc(S(=O)(=O)NCCc2ccccc2)cc1. The summed E-state index contributed by atoms with van der Waals surface area (Å²) in [5.74, 6) is -1.02. The number of anilines is 1. The fraction of sp³-hybridized carbons (Fsp3) is 0.174. The molecule has 0 aliphatic rings. The Hall–Kier alpha value is -3.12. The molecule has 0 fully saturated rings. The first-order chi connectivity index (χ1) is 16.2. The molecule has 8 nitrogen and oxygen atoms in total. The lowest BCUT2D eigenvalue weighted by Gasteiger charge is -2.09. The number of benzene rings is 3. The van der Waals surface area contributed by atoms with E-state index >= 15 is 0 Å². The van der Waals surface area contributed by atoms with Crippen LogP contribution in [0.2, 0.25) is 0 Å². The third kappa shape index (κ3) is 7.45. The second kappa shape index (κ2) is 11.3. The zero-order valence-electron chi connectivity index (χ0n) is 18.1. The van der Waals surface area contributed by atoms with E-state index in [4.69, 9.17) is 0 Å². The van der Waals surface area contributed by atoms with Crippen LogP contribution in [-0.2, 0) is 31.3 Å². The second-order valence-corrected chi connectivity index (χ2v) is 10.8. The van der Waals surface area contributed by atoms with E-state index < -0.39 is 31.8 Å². The van der Waals surface area contributed by atoms with Crippen LogP contribution >= 0.6 is 0 Å². The Morgan fingerprint density at radius 1 is 0.706 bits per heavy atom. The van der Waals surface area contributed by atoms with Gasteiger partial charge in [0, 0.05) is 25.2 Å². The van der Waals surface area contributed by atoms with Crippen molar-refractivity contribution < 1.29 is 26.0 Å². The minimum absolute atomic E-state index is 0.0608. The standard InChI is InChI=1S/C23H24FN3O5S2/c24-19-6-10-21(11-7-19)33(29,30)26-17-15-23(28)27-20-8-12-22(13-9-20)34(31,32)25-16-14-18-4-2-1-3-5-18/h1-13,25-26H,14-17H2,(H,27,28). The summed E-state index contributed by atoms with van der Waals surface area (Å²) in [4.78, 5) is 12.1. The molecule has 3 rings (SSSR count). The fourth-order valence-electron chi connectivity index (χ4n) is 2.99. The minimum Gasteiger partial charge on any atom is -0.326 e. The molecule has 0 bridgehead atoms. The van der Waals surface area contributed by atoms with Crippen molar-refractivity contribution in [3.05, 3.63) is 90.2 Å². The highest BCUT2D eigenvalue weighted by Gasteiger charge is 2.15. The van der Waals surface area contributed by atoms with Crippen molar-refractivity contribution in [3.63, 3.8) is 0 Å². The highest BCUT2D eigenvalue weighted by atomic mass is 32.2. The molecule has 3 aromatic carbocycles. The predicted molar refractivity (Wildman–Crippen MR) is 127 cm³/mol. The van der Waals surface area contributed by atoms with E-state index in [0.717, 1.165) is 29.8 Å². The van der Waals surface area contributed by atoms with E-state index in [1.165, 1.54) is 24.3 Å². The molecule has 0 radical (unpaired) electrons. The van der Waals surface area contributed by atoms with Crippen LogP contribution in [-0.4, -0.2) is 35.8 Å². The van der Waals surface area contributed by atoms with Gasteiger partial charge in [0.25, 0.3) is 0 Å². The highest BCUT2D eigenvalue weighted by molar-refractivity contribution is 7.89. The number of rotatable bonds is 11. The topological polar surface area (TPSA) is 121 Å². The normalized spacial score (nSPS) is 11.8. The van der Waals surface area contributed by atoms with E-state index in [1.807, 2.05) is 30.3 Å². The summed E-state index contributed by atoms with van der Waals surface area (Å²) in [5.41, 5.74) is 1.39. The van der Waals surface area contributed by atoms with E-state index in [2.05, 4.69) is 14.8 Å². The molecular formula is C23H24FN3O5S2. The van der Waals surface area contributed by atoms with Gasteiger partial charge in [-0.15, -0.1) is 0 Å². The van der Waals surface area contributed by atoms with Crippen LogP contribution in [0.25, 0.3) is 0 Å². The van der Waals surface area contributed by atoms with Crippen molar-refractivity contribution in [2.45, 2.75) is 22.6 Å². The molecule has 0 saturated heterocycles. The Morgan fingerprint density at radius 2 is 1.24 bits per heavy atom. The number of carbonyl (C=O) groups is 1. The van der Waals surface area contributed by atoms with Crippen LogP contribution in [0.15, 0.2) is 88.7 Å². The number of halogens is 1. The molecule has 0 saturated carbocycles. The van der Waals surface area contributed by atoms with Crippen LogP contribution in [0.5, 0.6) is 0 Å². The van der Waals surface area contributed by atoms with Crippen molar-refractivity contribution in [2.24, 2.45) is 0 Å². The van der Waals surface area contributed by atoms with Gasteiger partial charge in [-0.25, -0.2) is 30.7 Å². The summed E-state index contributed by atoms with van der Waals surface area (Å²) >= 11 is 0. The summed E-state index contributed by atoms with van der Waals surface area (Å²) in [6.07, 6.45) is 0.403. The Bertz CT molecular complexity index is 1310. The predicted octanol–water partition coefficient (Wildman–Crippen LogP) is 2.65. The van der Waals surface area contributed by atoms with Gasteiger partial charge in [0.15, 0.2) is 0 Å². The van der Waals surface area contributed by atoms with Gasteiger partial charge in [0.05, 0.1) is 9.79 Å². The molecule has 34 heavy (non-hydrogen) atoms. The first kappa shape index (κ1) is 25.5. The van der Waals surface area contributed by atoms with Gasteiger partial charge in [0.2, 0.25) is 26.0 Å². The molecule has 0 aliphatic carbocycles. The van der Waals surface area contributed by atoms with E-state index in [-0.39, 0.29) is 29.3 Å². The highest BCUT2D eigenvalue weighted by Crippen LogP contribution is 2.15. The summed E-state index contributed by atoms with van der Waals surface area (Å²) in [6, 6.07) is 19.5. The number of amides is 1. The Morgan fingerprint density at radius 3 is 1.82 bits per heavy atom. The van der Waals surface area contributed by atoms with Gasteiger partial charge in [-0.1, -0.05) is 30.3 Å². The van der Waals surface area contributed by atoms with E-state index in [9.17, 15) is 26.0 Å². The van der Waals surface area contributed by atoms with E-state index in [1.54, 1.807) is 0 Å². The third-order valence-electron chi connectivity index (χ3n) is 4.77. The lowest BCUT2D eigenvalue weighted by atomic mass is 10.2. The number of carbonyl (C=O) groups excluding carboxylic acids is 1. The van der Waals surface area contributed by atoms with Crippen molar-refractivity contribution in [1.29, 1.82) is 0 Å². The molecule has 0 unspecified atom stereocenters. The smallest absolute Gasteiger partial charge is 0.240 e. The van der Waals surface area contributed by atoms with Gasteiger partial charge in [0.1, 0.15) is 5.82 Å². The van der Waals surface area contributed by atoms with Crippen molar-refractivity contribution in [2.75, 3.05) is 18.4 Å². The first-order valence-corrected chi connectivity index (χ1v) is 13.3. The molecular weight excluding hydrogens is 481 g/mol. The number of sulfonamides is 2. The monoisotopic (exact) mass is 505 g/mol. The molecule has 3 aromatic rings. The van der Waals surface area contributed by atoms with Crippen molar-refractivity contribution in [3.8, 4) is 0 Å². The van der Waals surface area contributed by atoms with Crippen molar-refractivity contribution >= 4 is 31.6 Å². The zero-order valence-corrected chi connectivity index (χ0v) is 19.7. The molecule has 3 N–H and O–H groups in total. The molecule has 180 valence electrons. The maximum atomic E-state index is 12.9. The number of nitrogens with one attached hydrogen (secondary N) is 3. The number of hydrogen-bond acceptors (Lipinski definition) is 5. The second-order valence-electron chi connectivity index (χ2n) is 7.31. The molecule has 0 spiro atoms. The molecule has 11 heteroatoms. The largest absolute Gasteiger partial charge is 0.326 e. The zero-order chi connectivity index (χ0) is 24.6. The van der Waals surface area contributed by atoms with Gasteiger partial charge in [-0.2, -0.15) is 0 Å². The van der Waals surface area contributed by atoms with Crippen LogP contribution < -0.4 is 14.8 Å². The Labute approximate surface area is 198 Å². The Balaban J connectivity index is 1.46. The molecule has 0 atom stereocenters. The van der Waals surface area contributed by atoms with Crippen LogP contribution in [0.3, 0.4) is 0 Å². The molecule has 0 heterocycles. The average Bonchev–Trinajstić information content (AvgIpc) is 2.80.